The molecule has 2 atom stereocenters. The topological polar surface area (TPSA) is 56.8 Å². The highest BCUT2D eigenvalue weighted by molar-refractivity contribution is 5.81. The summed E-state index contributed by atoms with van der Waals surface area (Å²) in [5, 5.41) is 2.97. The molecule has 0 heterocycles. The van der Waals surface area contributed by atoms with E-state index in [4.69, 9.17) is 14.2 Å². The first-order valence-corrected chi connectivity index (χ1v) is 10.1. The van der Waals surface area contributed by atoms with E-state index in [9.17, 15) is 4.79 Å². The summed E-state index contributed by atoms with van der Waals surface area (Å²) in [6.45, 7) is 10.7. The second-order valence-electron chi connectivity index (χ2n) is 8.19. The highest BCUT2D eigenvalue weighted by Crippen LogP contribution is 2.25. The zero-order valence-corrected chi connectivity index (χ0v) is 18.3. The third kappa shape index (κ3) is 7.00. The van der Waals surface area contributed by atoms with Crippen LogP contribution >= 0.6 is 0 Å². The first-order chi connectivity index (χ1) is 13.7. The van der Waals surface area contributed by atoms with Crippen molar-refractivity contribution in [2.45, 2.75) is 58.6 Å². The second-order valence-corrected chi connectivity index (χ2v) is 8.19. The smallest absolute Gasteiger partial charge is 0.261 e. The van der Waals surface area contributed by atoms with Crippen LogP contribution in [-0.2, 0) is 10.2 Å². The Kier molecular flexibility index (Phi) is 7.94. The van der Waals surface area contributed by atoms with Crippen molar-refractivity contribution in [2.24, 2.45) is 0 Å². The Labute approximate surface area is 174 Å². The predicted molar refractivity (Wildman–Crippen MR) is 116 cm³/mol. The molecule has 0 bridgehead atoms. The number of carbonyl (C=O) groups excluding carboxylic acids is 1. The molecule has 2 aromatic carbocycles. The summed E-state index contributed by atoms with van der Waals surface area (Å²) in [4.78, 5) is 12.6. The van der Waals surface area contributed by atoms with Crippen molar-refractivity contribution in [3.63, 3.8) is 0 Å². The highest BCUT2D eigenvalue weighted by Gasteiger charge is 2.21. The fourth-order valence-electron chi connectivity index (χ4n) is 2.79. The van der Waals surface area contributed by atoms with Crippen LogP contribution in [0.3, 0.4) is 0 Å². The molecule has 29 heavy (non-hydrogen) atoms. The van der Waals surface area contributed by atoms with Gasteiger partial charge in [0.15, 0.2) is 6.10 Å². The monoisotopic (exact) mass is 399 g/mol. The number of hydrogen-bond donors (Lipinski definition) is 1. The van der Waals surface area contributed by atoms with Crippen LogP contribution in [0.15, 0.2) is 48.5 Å². The Bertz CT molecular complexity index is 763. The molecule has 2 aromatic rings. The van der Waals surface area contributed by atoms with Crippen molar-refractivity contribution >= 4 is 5.91 Å². The SMILES string of the molecule is CC[C@H](Oc1ccc(C(C)(C)C)cc1)C(=O)N[C@@H](C)COc1ccc(OC)cc1. The van der Waals surface area contributed by atoms with Crippen LogP contribution in [0.25, 0.3) is 0 Å². The molecule has 0 aromatic heterocycles. The van der Waals surface area contributed by atoms with Gasteiger partial charge < -0.3 is 19.5 Å². The Morgan fingerprint density at radius 2 is 1.52 bits per heavy atom. The van der Waals surface area contributed by atoms with E-state index in [1.54, 1.807) is 7.11 Å². The standard InChI is InChI=1S/C24H33NO4/c1-7-22(29-21-10-8-18(9-11-21)24(3,4)5)23(26)25-17(2)16-28-20-14-12-19(27-6)13-15-20/h8-15,17,22H,7,16H2,1-6H3,(H,25,26)/t17-,22-/m0/s1. The van der Waals surface area contributed by atoms with E-state index in [2.05, 4.69) is 26.1 Å². The maximum Gasteiger partial charge on any atom is 0.261 e. The van der Waals surface area contributed by atoms with E-state index >= 15 is 0 Å². The van der Waals surface area contributed by atoms with Gasteiger partial charge in [-0.3, -0.25) is 4.79 Å². The molecule has 0 aliphatic carbocycles. The molecule has 1 N–H and O–H groups in total. The van der Waals surface area contributed by atoms with E-state index in [0.29, 0.717) is 18.8 Å². The van der Waals surface area contributed by atoms with Crippen LogP contribution < -0.4 is 19.5 Å². The fraction of sp³-hybridized carbons (Fsp3) is 0.458. The van der Waals surface area contributed by atoms with Crippen LogP contribution in [0.4, 0.5) is 0 Å². The molecule has 0 spiro atoms. The van der Waals surface area contributed by atoms with Gasteiger partial charge in [0.25, 0.3) is 5.91 Å². The Morgan fingerprint density at radius 3 is 2.03 bits per heavy atom. The summed E-state index contributed by atoms with van der Waals surface area (Å²) in [7, 11) is 1.62. The molecule has 5 heteroatoms. The van der Waals surface area contributed by atoms with Crippen molar-refractivity contribution in [3.8, 4) is 17.2 Å². The van der Waals surface area contributed by atoms with Crippen LogP contribution in [-0.4, -0.2) is 31.8 Å². The quantitative estimate of drug-likeness (QED) is 0.662. The van der Waals surface area contributed by atoms with Gasteiger partial charge >= 0.3 is 0 Å². The van der Waals surface area contributed by atoms with E-state index in [-0.39, 0.29) is 17.4 Å². The zero-order valence-electron chi connectivity index (χ0n) is 18.3. The molecular weight excluding hydrogens is 366 g/mol. The summed E-state index contributed by atoms with van der Waals surface area (Å²) in [5.74, 6) is 2.06. The van der Waals surface area contributed by atoms with Gasteiger partial charge in [0.05, 0.1) is 13.2 Å². The third-order valence-electron chi connectivity index (χ3n) is 4.61. The van der Waals surface area contributed by atoms with Gasteiger partial charge in [-0.15, -0.1) is 0 Å². The molecule has 2 rings (SSSR count). The summed E-state index contributed by atoms with van der Waals surface area (Å²) in [6.07, 6.45) is 0.0396. The number of amides is 1. The summed E-state index contributed by atoms with van der Waals surface area (Å²) in [5.41, 5.74) is 1.31. The van der Waals surface area contributed by atoms with Crippen molar-refractivity contribution < 1.29 is 19.0 Å². The first-order valence-electron chi connectivity index (χ1n) is 10.1. The third-order valence-corrected chi connectivity index (χ3v) is 4.61. The zero-order chi connectivity index (χ0) is 21.4. The molecule has 1 amide bonds. The van der Waals surface area contributed by atoms with Gasteiger partial charge in [0, 0.05) is 0 Å². The average Bonchev–Trinajstić information content (AvgIpc) is 2.70. The lowest BCUT2D eigenvalue weighted by atomic mass is 9.87. The summed E-state index contributed by atoms with van der Waals surface area (Å²) < 4.78 is 16.8. The van der Waals surface area contributed by atoms with Crippen molar-refractivity contribution in [2.75, 3.05) is 13.7 Å². The van der Waals surface area contributed by atoms with E-state index < -0.39 is 6.10 Å². The van der Waals surface area contributed by atoms with E-state index in [1.165, 1.54) is 5.56 Å². The van der Waals surface area contributed by atoms with Crippen LogP contribution in [0.5, 0.6) is 17.2 Å². The van der Waals surface area contributed by atoms with Crippen molar-refractivity contribution in [3.05, 3.63) is 54.1 Å². The number of carbonyl (C=O) groups is 1. The fourth-order valence-corrected chi connectivity index (χ4v) is 2.79. The van der Waals surface area contributed by atoms with E-state index in [1.807, 2.05) is 62.4 Å². The Morgan fingerprint density at radius 1 is 0.966 bits per heavy atom. The molecule has 0 saturated heterocycles. The van der Waals surface area contributed by atoms with Crippen LogP contribution in [0, 0.1) is 0 Å². The minimum absolute atomic E-state index is 0.0827. The van der Waals surface area contributed by atoms with Crippen LogP contribution in [0.1, 0.15) is 46.6 Å². The Balaban J connectivity index is 1.86. The highest BCUT2D eigenvalue weighted by atomic mass is 16.5. The Hall–Kier alpha value is -2.69. The lowest BCUT2D eigenvalue weighted by Gasteiger charge is -2.22. The number of hydrogen-bond acceptors (Lipinski definition) is 4. The maximum absolute atomic E-state index is 12.6. The lowest BCUT2D eigenvalue weighted by Crippen LogP contribution is -2.44. The largest absolute Gasteiger partial charge is 0.497 e. The molecule has 0 aliphatic rings. The van der Waals surface area contributed by atoms with E-state index in [0.717, 1.165) is 11.5 Å². The van der Waals surface area contributed by atoms with Gasteiger partial charge in [-0.2, -0.15) is 0 Å². The molecular formula is C24H33NO4. The van der Waals surface area contributed by atoms with Gasteiger partial charge in [-0.05, 0) is 60.7 Å². The molecule has 0 saturated carbocycles. The predicted octanol–water partition coefficient (Wildman–Crippen LogP) is 4.73. The van der Waals surface area contributed by atoms with Gasteiger partial charge in [-0.25, -0.2) is 0 Å². The molecule has 0 radical (unpaired) electrons. The molecule has 0 unspecified atom stereocenters. The number of methoxy groups -OCH3 is 1. The maximum atomic E-state index is 12.6. The lowest BCUT2D eigenvalue weighted by molar-refractivity contribution is -0.128. The first kappa shape index (κ1) is 22.6. The second kappa shape index (κ2) is 10.2. The molecule has 0 fully saturated rings. The van der Waals surface area contributed by atoms with Gasteiger partial charge in [-0.1, -0.05) is 39.8 Å². The van der Waals surface area contributed by atoms with Crippen molar-refractivity contribution in [1.29, 1.82) is 0 Å². The number of ether oxygens (including phenoxy) is 3. The minimum atomic E-state index is -0.543. The normalized spacial score (nSPS) is 13.3. The minimum Gasteiger partial charge on any atom is -0.497 e. The summed E-state index contributed by atoms with van der Waals surface area (Å²) in [6, 6.07) is 15.1. The summed E-state index contributed by atoms with van der Waals surface area (Å²) >= 11 is 0. The molecule has 158 valence electrons. The number of benzene rings is 2. The molecule has 5 nitrogen and oxygen atoms in total. The van der Waals surface area contributed by atoms with Crippen molar-refractivity contribution in [1.82, 2.24) is 5.32 Å². The molecule has 0 aliphatic heterocycles. The number of rotatable bonds is 9. The number of nitrogens with one attached hydrogen (secondary N) is 1. The van der Waals surface area contributed by atoms with Gasteiger partial charge in [0.1, 0.15) is 23.9 Å². The average molecular weight is 400 g/mol. The van der Waals surface area contributed by atoms with Crippen LogP contribution in [0.2, 0.25) is 0 Å². The van der Waals surface area contributed by atoms with Gasteiger partial charge in [0.2, 0.25) is 0 Å².